The van der Waals surface area contributed by atoms with Crippen LogP contribution in [0.15, 0.2) is 35.3 Å². The van der Waals surface area contributed by atoms with Gasteiger partial charge < -0.3 is 15.4 Å². The smallest absolute Gasteiger partial charge is 0.192 e. The fraction of sp³-hybridized carbons (Fsp3) is 0.562. The molecule has 0 amide bonds. The number of benzene rings is 1. The van der Waals surface area contributed by atoms with Crippen molar-refractivity contribution in [1.29, 1.82) is 0 Å². The lowest BCUT2D eigenvalue weighted by atomic mass is 9.80. The average molecular weight is 273 g/mol. The second kappa shape index (κ2) is 4.77. The highest BCUT2D eigenvalue weighted by Gasteiger charge is 2.48. The summed E-state index contributed by atoms with van der Waals surface area (Å²) in [5.41, 5.74) is 7.36. The van der Waals surface area contributed by atoms with E-state index in [0.29, 0.717) is 5.96 Å². The lowest BCUT2D eigenvalue weighted by molar-refractivity contribution is -0.102. The van der Waals surface area contributed by atoms with E-state index in [2.05, 4.69) is 48.0 Å². The first-order valence-corrected chi connectivity index (χ1v) is 7.26. The standard InChI is InChI=1S/C16H23N3O/c1-15(2)11-16(8-9-20-15)12-18-14(17)19(16)10-13-6-4-3-5-7-13/h3-7H,8-12H2,1-2H3,(H2,17,18). The molecule has 1 atom stereocenters. The predicted octanol–water partition coefficient (Wildman–Crippen LogP) is 2.14. The van der Waals surface area contributed by atoms with E-state index in [1.54, 1.807) is 0 Å². The Morgan fingerprint density at radius 2 is 2.05 bits per heavy atom. The third-order valence-corrected chi connectivity index (χ3v) is 4.38. The Labute approximate surface area is 120 Å². The van der Waals surface area contributed by atoms with Crippen LogP contribution in [0.5, 0.6) is 0 Å². The topological polar surface area (TPSA) is 50.9 Å². The number of nitrogens with two attached hydrogens (primary N) is 1. The lowest BCUT2D eigenvalue weighted by Gasteiger charge is -2.47. The van der Waals surface area contributed by atoms with Crippen LogP contribution in [0.4, 0.5) is 0 Å². The SMILES string of the molecule is CC1(C)CC2(CCO1)CN=C(N)N2Cc1ccccc1. The van der Waals surface area contributed by atoms with Gasteiger partial charge in [-0.05, 0) is 25.8 Å². The second-order valence-electron chi connectivity index (χ2n) is 6.51. The van der Waals surface area contributed by atoms with E-state index in [-0.39, 0.29) is 11.1 Å². The van der Waals surface area contributed by atoms with Crippen molar-refractivity contribution in [2.45, 2.75) is 44.4 Å². The van der Waals surface area contributed by atoms with Gasteiger partial charge in [0.1, 0.15) is 0 Å². The van der Waals surface area contributed by atoms with Gasteiger partial charge in [0.2, 0.25) is 0 Å². The summed E-state index contributed by atoms with van der Waals surface area (Å²) >= 11 is 0. The van der Waals surface area contributed by atoms with Crippen LogP contribution in [0.25, 0.3) is 0 Å². The molecule has 1 aromatic carbocycles. The normalized spacial score (nSPS) is 28.7. The van der Waals surface area contributed by atoms with E-state index in [0.717, 1.165) is 32.5 Å². The van der Waals surface area contributed by atoms with Gasteiger partial charge in [0.25, 0.3) is 0 Å². The molecule has 1 spiro atoms. The molecule has 2 aliphatic rings. The van der Waals surface area contributed by atoms with E-state index in [1.807, 2.05) is 6.07 Å². The van der Waals surface area contributed by atoms with Crippen molar-refractivity contribution in [1.82, 2.24) is 4.90 Å². The largest absolute Gasteiger partial charge is 0.375 e. The molecule has 1 unspecified atom stereocenters. The van der Waals surface area contributed by atoms with Crippen molar-refractivity contribution in [2.75, 3.05) is 13.2 Å². The van der Waals surface area contributed by atoms with Crippen LogP contribution < -0.4 is 5.73 Å². The zero-order chi connectivity index (χ0) is 14.2. The molecular weight excluding hydrogens is 250 g/mol. The fourth-order valence-electron chi connectivity index (χ4n) is 3.47. The number of aliphatic imine (C=N–C) groups is 1. The summed E-state index contributed by atoms with van der Waals surface area (Å²) in [5.74, 6) is 0.673. The van der Waals surface area contributed by atoms with E-state index in [9.17, 15) is 0 Å². The molecule has 0 radical (unpaired) electrons. The number of guanidine groups is 1. The average Bonchev–Trinajstić information content (AvgIpc) is 2.68. The Balaban J connectivity index is 1.85. The van der Waals surface area contributed by atoms with Gasteiger partial charge in [0.15, 0.2) is 5.96 Å². The van der Waals surface area contributed by atoms with Crippen molar-refractivity contribution in [3.05, 3.63) is 35.9 Å². The first-order chi connectivity index (χ1) is 9.51. The van der Waals surface area contributed by atoms with Crippen LogP contribution in [0.1, 0.15) is 32.3 Å². The van der Waals surface area contributed by atoms with Gasteiger partial charge in [-0.3, -0.25) is 4.99 Å². The van der Waals surface area contributed by atoms with E-state index in [4.69, 9.17) is 10.5 Å². The molecule has 2 N–H and O–H groups in total. The van der Waals surface area contributed by atoms with Gasteiger partial charge in [-0.15, -0.1) is 0 Å². The van der Waals surface area contributed by atoms with Gasteiger partial charge in [0, 0.05) is 19.6 Å². The highest BCUT2D eigenvalue weighted by atomic mass is 16.5. The summed E-state index contributed by atoms with van der Waals surface area (Å²) in [6.45, 7) is 6.71. The molecular formula is C16H23N3O. The minimum Gasteiger partial charge on any atom is -0.375 e. The maximum atomic E-state index is 6.16. The van der Waals surface area contributed by atoms with Crippen molar-refractivity contribution in [3.8, 4) is 0 Å². The Morgan fingerprint density at radius 3 is 2.75 bits per heavy atom. The van der Waals surface area contributed by atoms with Crippen molar-refractivity contribution >= 4 is 5.96 Å². The van der Waals surface area contributed by atoms with Crippen LogP contribution in [-0.4, -0.2) is 35.2 Å². The molecule has 3 rings (SSSR count). The molecule has 0 aliphatic carbocycles. The number of ether oxygens (including phenoxy) is 1. The molecule has 4 nitrogen and oxygen atoms in total. The summed E-state index contributed by atoms with van der Waals surface area (Å²) in [5, 5.41) is 0. The number of nitrogens with zero attached hydrogens (tertiary/aromatic N) is 2. The lowest BCUT2D eigenvalue weighted by Crippen LogP contribution is -2.57. The molecule has 1 fully saturated rings. The summed E-state index contributed by atoms with van der Waals surface area (Å²) < 4.78 is 5.87. The second-order valence-corrected chi connectivity index (χ2v) is 6.51. The van der Waals surface area contributed by atoms with E-state index in [1.165, 1.54) is 5.56 Å². The fourth-order valence-corrected chi connectivity index (χ4v) is 3.47. The monoisotopic (exact) mass is 273 g/mol. The third kappa shape index (κ3) is 2.40. The molecule has 1 aromatic rings. The van der Waals surface area contributed by atoms with Crippen LogP contribution in [0.3, 0.4) is 0 Å². The van der Waals surface area contributed by atoms with Crippen molar-refractivity contribution < 1.29 is 4.74 Å². The summed E-state index contributed by atoms with van der Waals surface area (Å²) in [6.07, 6.45) is 1.96. The minimum atomic E-state index is -0.104. The molecule has 2 heterocycles. The molecule has 2 aliphatic heterocycles. The Kier molecular flexibility index (Phi) is 3.21. The zero-order valence-corrected chi connectivity index (χ0v) is 12.3. The first-order valence-electron chi connectivity index (χ1n) is 7.26. The number of hydrogen-bond acceptors (Lipinski definition) is 4. The molecule has 0 bridgehead atoms. The predicted molar refractivity (Wildman–Crippen MR) is 80.5 cm³/mol. The molecule has 108 valence electrons. The van der Waals surface area contributed by atoms with Crippen LogP contribution >= 0.6 is 0 Å². The van der Waals surface area contributed by atoms with Crippen molar-refractivity contribution in [2.24, 2.45) is 10.7 Å². The van der Waals surface area contributed by atoms with Gasteiger partial charge in [-0.25, -0.2) is 0 Å². The Hall–Kier alpha value is -1.55. The Morgan fingerprint density at radius 1 is 1.30 bits per heavy atom. The molecule has 20 heavy (non-hydrogen) atoms. The highest BCUT2D eigenvalue weighted by molar-refractivity contribution is 5.81. The summed E-state index contributed by atoms with van der Waals surface area (Å²) in [7, 11) is 0. The van der Waals surface area contributed by atoms with E-state index >= 15 is 0 Å². The van der Waals surface area contributed by atoms with Crippen LogP contribution in [-0.2, 0) is 11.3 Å². The maximum absolute atomic E-state index is 6.16. The van der Waals surface area contributed by atoms with Crippen LogP contribution in [0, 0.1) is 0 Å². The maximum Gasteiger partial charge on any atom is 0.192 e. The molecule has 0 aromatic heterocycles. The minimum absolute atomic E-state index is 0.0294. The molecule has 4 heteroatoms. The van der Waals surface area contributed by atoms with E-state index < -0.39 is 0 Å². The number of hydrogen-bond donors (Lipinski definition) is 1. The quantitative estimate of drug-likeness (QED) is 0.898. The zero-order valence-electron chi connectivity index (χ0n) is 12.3. The molecule has 1 saturated heterocycles. The first kappa shape index (κ1) is 13.4. The number of rotatable bonds is 2. The third-order valence-electron chi connectivity index (χ3n) is 4.38. The van der Waals surface area contributed by atoms with Gasteiger partial charge >= 0.3 is 0 Å². The summed E-state index contributed by atoms with van der Waals surface area (Å²) in [4.78, 5) is 6.81. The van der Waals surface area contributed by atoms with Crippen LogP contribution in [0.2, 0.25) is 0 Å². The summed E-state index contributed by atoms with van der Waals surface area (Å²) in [6, 6.07) is 10.5. The van der Waals surface area contributed by atoms with Crippen molar-refractivity contribution in [3.63, 3.8) is 0 Å². The molecule has 0 saturated carbocycles. The van der Waals surface area contributed by atoms with Gasteiger partial charge in [-0.2, -0.15) is 0 Å². The van der Waals surface area contributed by atoms with Gasteiger partial charge in [-0.1, -0.05) is 30.3 Å². The highest BCUT2D eigenvalue weighted by Crippen LogP contribution is 2.39. The van der Waals surface area contributed by atoms with Gasteiger partial charge in [0.05, 0.1) is 17.7 Å². The Bertz CT molecular complexity index is 512.